The van der Waals surface area contributed by atoms with Gasteiger partial charge in [-0.3, -0.25) is 4.79 Å². The lowest BCUT2D eigenvalue weighted by Crippen LogP contribution is -2.37. The summed E-state index contributed by atoms with van der Waals surface area (Å²) >= 11 is 0. The van der Waals surface area contributed by atoms with Gasteiger partial charge in [0.2, 0.25) is 5.91 Å². The summed E-state index contributed by atoms with van der Waals surface area (Å²) in [5.41, 5.74) is 5.56. The summed E-state index contributed by atoms with van der Waals surface area (Å²) in [6, 6.07) is 6.09. The Balaban J connectivity index is 2.12. The number of amides is 1. The lowest BCUT2D eigenvalue weighted by Gasteiger charge is -2.10. The van der Waals surface area contributed by atoms with Gasteiger partial charge >= 0.3 is 5.97 Å². The highest BCUT2D eigenvalue weighted by molar-refractivity contribution is 6.00. The van der Waals surface area contributed by atoms with Gasteiger partial charge in [0.1, 0.15) is 0 Å². The molecule has 0 bridgehead atoms. The largest absolute Gasteiger partial charge is 0.478 e. The SMILES string of the molecule is NC1(C(=O)Nc2cccc(C(=O)O)c2)CC1. The second-order valence-corrected chi connectivity index (χ2v) is 4.00. The highest BCUT2D eigenvalue weighted by atomic mass is 16.4. The van der Waals surface area contributed by atoms with Gasteiger partial charge in [0.25, 0.3) is 0 Å². The number of carbonyl (C=O) groups excluding carboxylic acids is 1. The number of benzene rings is 1. The molecule has 1 saturated carbocycles. The first kappa shape index (κ1) is 10.6. The van der Waals surface area contributed by atoms with Crippen LogP contribution in [0.4, 0.5) is 5.69 Å². The molecular formula is C11H12N2O3. The maximum atomic E-state index is 11.6. The molecular weight excluding hydrogens is 208 g/mol. The van der Waals surface area contributed by atoms with Crippen LogP contribution in [0, 0.1) is 0 Å². The quantitative estimate of drug-likeness (QED) is 0.703. The van der Waals surface area contributed by atoms with Gasteiger partial charge in [-0.15, -0.1) is 0 Å². The lowest BCUT2D eigenvalue weighted by molar-refractivity contribution is -0.118. The molecule has 1 amide bonds. The maximum Gasteiger partial charge on any atom is 0.335 e. The van der Waals surface area contributed by atoms with Crippen LogP contribution in [0.25, 0.3) is 0 Å². The summed E-state index contributed by atoms with van der Waals surface area (Å²) in [7, 11) is 0. The summed E-state index contributed by atoms with van der Waals surface area (Å²) in [6.07, 6.45) is 1.36. The van der Waals surface area contributed by atoms with Crippen molar-refractivity contribution in [2.24, 2.45) is 5.73 Å². The van der Waals surface area contributed by atoms with Crippen LogP contribution in [-0.2, 0) is 4.79 Å². The number of hydrogen-bond acceptors (Lipinski definition) is 3. The molecule has 5 nitrogen and oxygen atoms in total. The third-order valence-electron chi connectivity index (χ3n) is 2.61. The van der Waals surface area contributed by atoms with E-state index in [0.717, 1.165) is 0 Å². The van der Waals surface area contributed by atoms with Crippen LogP contribution < -0.4 is 11.1 Å². The van der Waals surface area contributed by atoms with E-state index < -0.39 is 11.5 Å². The number of nitrogens with one attached hydrogen (secondary N) is 1. The third-order valence-corrected chi connectivity index (χ3v) is 2.61. The molecule has 0 unspecified atom stereocenters. The fraction of sp³-hybridized carbons (Fsp3) is 0.273. The van der Waals surface area contributed by atoms with Crippen LogP contribution in [0.2, 0.25) is 0 Å². The summed E-state index contributed by atoms with van der Waals surface area (Å²) in [6.45, 7) is 0. The van der Waals surface area contributed by atoms with E-state index in [1.165, 1.54) is 12.1 Å². The van der Waals surface area contributed by atoms with Gasteiger partial charge in [-0.05, 0) is 31.0 Å². The molecule has 0 spiro atoms. The van der Waals surface area contributed by atoms with Crippen molar-refractivity contribution in [3.8, 4) is 0 Å². The Hall–Kier alpha value is -1.88. The van der Waals surface area contributed by atoms with Gasteiger partial charge in [-0.25, -0.2) is 4.79 Å². The standard InChI is InChI=1S/C11H12N2O3/c12-11(4-5-11)10(16)13-8-3-1-2-7(6-8)9(14)15/h1-3,6H,4-5,12H2,(H,13,16)(H,14,15). The van der Waals surface area contributed by atoms with E-state index in [2.05, 4.69) is 5.32 Å². The van der Waals surface area contributed by atoms with Crippen LogP contribution in [0.15, 0.2) is 24.3 Å². The molecule has 0 saturated heterocycles. The van der Waals surface area contributed by atoms with Crippen molar-refractivity contribution in [1.29, 1.82) is 0 Å². The van der Waals surface area contributed by atoms with Crippen LogP contribution >= 0.6 is 0 Å². The van der Waals surface area contributed by atoms with Crippen LogP contribution in [0.5, 0.6) is 0 Å². The van der Waals surface area contributed by atoms with Crippen molar-refractivity contribution in [1.82, 2.24) is 0 Å². The summed E-state index contributed by atoms with van der Waals surface area (Å²) < 4.78 is 0. The van der Waals surface area contributed by atoms with Gasteiger partial charge in [-0.1, -0.05) is 6.07 Å². The highest BCUT2D eigenvalue weighted by Crippen LogP contribution is 2.33. The van der Waals surface area contributed by atoms with Crippen molar-refractivity contribution in [3.63, 3.8) is 0 Å². The predicted molar refractivity (Wildman–Crippen MR) is 58.2 cm³/mol. The average Bonchev–Trinajstić information content (AvgIpc) is 2.98. The minimum Gasteiger partial charge on any atom is -0.478 e. The van der Waals surface area contributed by atoms with Crippen molar-refractivity contribution in [2.75, 3.05) is 5.32 Å². The molecule has 2 rings (SSSR count). The van der Waals surface area contributed by atoms with Crippen molar-refractivity contribution >= 4 is 17.6 Å². The number of hydrogen-bond donors (Lipinski definition) is 3. The zero-order valence-corrected chi connectivity index (χ0v) is 8.56. The third kappa shape index (κ3) is 2.04. The average molecular weight is 220 g/mol. The zero-order valence-electron chi connectivity index (χ0n) is 8.56. The van der Waals surface area contributed by atoms with Crippen molar-refractivity contribution < 1.29 is 14.7 Å². The molecule has 16 heavy (non-hydrogen) atoms. The molecule has 1 aliphatic carbocycles. The number of aromatic carboxylic acids is 1. The van der Waals surface area contributed by atoms with E-state index in [4.69, 9.17) is 10.8 Å². The normalized spacial score (nSPS) is 16.6. The van der Waals surface area contributed by atoms with Gasteiger partial charge in [-0.2, -0.15) is 0 Å². The Morgan fingerprint density at radius 2 is 2.06 bits per heavy atom. The number of carboxylic acid groups (broad SMARTS) is 1. The van der Waals surface area contributed by atoms with Gasteiger partial charge in [0, 0.05) is 5.69 Å². The molecule has 4 N–H and O–H groups in total. The Morgan fingerprint density at radius 3 is 2.62 bits per heavy atom. The van der Waals surface area contributed by atoms with Crippen molar-refractivity contribution in [3.05, 3.63) is 29.8 Å². The molecule has 1 aliphatic rings. The van der Waals surface area contributed by atoms with Gasteiger partial charge < -0.3 is 16.2 Å². The molecule has 1 aromatic carbocycles. The Morgan fingerprint density at radius 1 is 1.38 bits per heavy atom. The Kier molecular flexibility index (Phi) is 2.40. The second-order valence-electron chi connectivity index (χ2n) is 4.00. The summed E-state index contributed by atoms with van der Waals surface area (Å²) in [5, 5.41) is 11.4. The minimum absolute atomic E-state index is 0.139. The van der Waals surface area contributed by atoms with Gasteiger partial charge in [0.05, 0.1) is 11.1 Å². The lowest BCUT2D eigenvalue weighted by atomic mass is 10.2. The topological polar surface area (TPSA) is 92.4 Å². The fourth-order valence-corrected chi connectivity index (χ4v) is 1.35. The highest BCUT2D eigenvalue weighted by Gasteiger charge is 2.45. The Labute approximate surface area is 92.3 Å². The fourth-order valence-electron chi connectivity index (χ4n) is 1.35. The number of nitrogens with two attached hydrogens (primary N) is 1. The molecule has 0 aliphatic heterocycles. The molecule has 1 fully saturated rings. The molecule has 1 aromatic rings. The maximum absolute atomic E-state index is 11.6. The van der Waals surface area contributed by atoms with E-state index in [-0.39, 0.29) is 11.5 Å². The van der Waals surface area contributed by atoms with Crippen LogP contribution in [0.3, 0.4) is 0 Å². The molecule has 0 atom stereocenters. The number of carboxylic acids is 1. The first-order chi connectivity index (χ1) is 7.51. The predicted octanol–water partition coefficient (Wildman–Crippen LogP) is 0.815. The van der Waals surface area contributed by atoms with E-state index >= 15 is 0 Å². The number of anilines is 1. The van der Waals surface area contributed by atoms with E-state index in [9.17, 15) is 9.59 Å². The molecule has 0 aromatic heterocycles. The van der Waals surface area contributed by atoms with E-state index in [1.807, 2.05) is 0 Å². The smallest absolute Gasteiger partial charge is 0.335 e. The van der Waals surface area contributed by atoms with Crippen LogP contribution in [0.1, 0.15) is 23.2 Å². The molecule has 0 heterocycles. The number of rotatable bonds is 3. The first-order valence-corrected chi connectivity index (χ1v) is 4.95. The molecule has 5 heteroatoms. The van der Waals surface area contributed by atoms with Gasteiger partial charge in [0.15, 0.2) is 0 Å². The monoisotopic (exact) mass is 220 g/mol. The summed E-state index contributed by atoms with van der Waals surface area (Å²) in [5.74, 6) is -1.28. The minimum atomic E-state index is -1.02. The second kappa shape index (κ2) is 3.61. The summed E-state index contributed by atoms with van der Waals surface area (Å²) in [4.78, 5) is 22.3. The molecule has 0 radical (unpaired) electrons. The Bertz CT molecular complexity index is 452. The van der Waals surface area contributed by atoms with E-state index in [1.54, 1.807) is 12.1 Å². The van der Waals surface area contributed by atoms with E-state index in [0.29, 0.717) is 18.5 Å². The molecule has 84 valence electrons. The van der Waals surface area contributed by atoms with Crippen LogP contribution in [-0.4, -0.2) is 22.5 Å². The first-order valence-electron chi connectivity index (χ1n) is 4.95. The zero-order chi connectivity index (χ0) is 11.8. The van der Waals surface area contributed by atoms with Crippen molar-refractivity contribution in [2.45, 2.75) is 18.4 Å². The number of carbonyl (C=O) groups is 2.